The van der Waals surface area contributed by atoms with Gasteiger partial charge in [-0.1, -0.05) is 0 Å². The summed E-state index contributed by atoms with van der Waals surface area (Å²) < 4.78 is 4.69. The summed E-state index contributed by atoms with van der Waals surface area (Å²) in [5.74, 6) is -0.199. The second-order valence-electron chi connectivity index (χ2n) is 4.79. The predicted octanol–water partition coefficient (Wildman–Crippen LogP) is 1.55. The summed E-state index contributed by atoms with van der Waals surface area (Å²) in [6.07, 6.45) is 3.86. The van der Waals surface area contributed by atoms with Crippen LogP contribution in [-0.2, 0) is 22.4 Å². The molecule has 2 bridgehead atoms. The zero-order chi connectivity index (χ0) is 12.0. The number of hydrogen-bond donors (Lipinski definition) is 0. The standard InChI is InChI=1S/C12H16N2O2S/c1-14-7-3-4-9(14)12-8(5-7)13-10(17-12)6-11(15)16-2/h7,9H,3-6H2,1-2H3. The van der Waals surface area contributed by atoms with Gasteiger partial charge in [-0.15, -0.1) is 11.3 Å². The molecule has 0 aromatic carbocycles. The van der Waals surface area contributed by atoms with Gasteiger partial charge < -0.3 is 4.74 Å². The summed E-state index contributed by atoms with van der Waals surface area (Å²) in [6.45, 7) is 0. The van der Waals surface area contributed by atoms with E-state index in [-0.39, 0.29) is 5.97 Å². The van der Waals surface area contributed by atoms with Gasteiger partial charge >= 0.3 is 5.97 Å². The maximum Gasteiger partial charge on any atom is 0.312 e. The van der Waals surface area contributed by atoms with Crippen LogP contribution < -0.4 is 0 Å². The minimum Gasteiger partial charge on any atom is -0.469 e. The van der Waals surface area contributed by atoms with E-state index in [1.165, 1.54) is 30.5 Å². The molecule has 0 amide bonds. The molecule has 17 heavy (non-hydrogen) atoms. The highest BCUT2D eigenvalue weighted by Crippen LogP contribution is 2.44. The van der Waals surface area contributed by atoms with E-state index in [1.54, 1.807) is 11.3 Å². The molecule has 2 atom stereocenters. The number of methoxy groups -OCH3 is 1. The Balaban J connectivity index is 1.87. The van der Waals surface area contributed by atoms with E-state index in [1.807, 2.05) is 0 Å². The number of nitrogens with zero attached hydrogens (tertiary/aromatic N) is 2. The summed E-state index contributed by atoms with van der Waals surface area (Å²) in [5, 5.41) is 0.905. The number of fused-ring (bicyclic) bond motifs is 4. The second kappa shape index (κ2) is 4.07. The van der Waals surface area contributed by atoms with Gasteiger partial charge in [0.2, 0.25) is 0 Å². The monoisotopic (exact) mass is 252 g/mol. The van der Waals surface area contributed by atoms with Crippen molar-refractivity contribution in [1.82, 2.24) is 9.88 Å². The highest BCUT2D eigenvalue weighted by atomic mass is 32.1. The number of carbonyl (C=O) groups excluding carboxylic acids is 1. The number of carbonyl (C=O) groups is 1. The number of aromatic nitrogens is 1. The lowest BCUT2D eigenvalue weighted by molar-refractivity contribution is -0.139. The highest BCUT2D eigenvalue weighted by Gasteiger charge is 2.39. The topological polar surface area (TPSA) is 42.4 Å². The lowest BCUT2D eigenvalue weighted by atomic mass is 10.1. The smallest absolute Gasteiger partial charge is 0.312 e. The Kier molecular flexibility index (Phi) is 2.67. The average Bonchev–Trinajstić information content (AvgIpc) is 2.80. The quantitative estimate of drug-likeness (QED) is 0.749. The molecule has 0 radical (unpaired) electrons. The molecule has 0 saturated carbocycles. The van der Waals surface area contributed by atoms with Crippen molar-refractivity contribution in [3.05, 3.63) is 15.6 Å². The van der Waals surface area contributed by atoms with Gasteiger partial charge in [0, 0.05) is 23.4 Å². The van der Waals surface area contributed by atoms with E-state index in [4.69, 9.17) is 0 Å². The molecule has 0 N–H and O–H groups in total. The molecule has 1 saturated heterocycles. The van der Waals surface area contributed by atoms with E-state index < -0.39 is 0 Å². The Bertz CT molecular complexity index is 457. The SMILES string of the molecule is COC(=O)Cc1nc2c(s1)C1CCC(C2)N1C. The molecule has 1 aromatic rings. The Hall–Kier alpha value is -0.940. The fourth-order valence-electron chi connectivity index (χ4n) is 2.89. The minimum atomic E-state index is -0.199. The third-order valence-corrected chi connectivity index (χ3v) is 5.07. The summed E-state index contributed by atoms with van der Waals surface area (Å²) in [7, 11) is 3.62. The first-order valence-electron chi connectivity index (χ1n) is 5.96. The highest BCUT2D eigenvalue weighted by molar-refractivity contribution is 7.12. The van der Waals surface area contributed by atoms with Crippen molar-refractivity contribution in [2.75, 3.05) is 14.2 Å². The van der Waals surface area contributed by atoms with Crippen molar-refractivity contribution < 1.29 is 9.53 Å². The van der Waals surface area contributed by atoms with E-state index in [0.29, 0.717) is 18.5 Å². The van der Waals surface area contributed by atoms with Crippen LogP contribution in [0.25, 0.3) is 0 Å². The predicted molar refractivity (Wildman–Crippen MR) is 65.1 cm³/mol. The van der Waals surface area contributed by atoms with Crippen LogP contribution >= 0.6 is 11.3 Å². The van der Waals surface area contributed by atoms with E-state index >= 15 is 0 Å². The number of ether oxygens (including phenoxy) is 1. The molecule has 0 aliphatic carbocycles. The van der Waals surface area contributed by atoms with Gasteiger partial charge in [0.15, 0.2) is 0 Å². The summed E-state index contributed by atoms with van der Waals surface area (Å²) in [5.41, 5.74) is 1.22. The van der Waals surface area contributed by atoms with Gasteiger partial charge in [0.1, 0.15) is 5.01 Å². The van der Waals surface area contributed by atoms with Crippen LogP contribution in [0, 0.1) is 0 Å². The van der Waals surface area contributed by atoms with Crippen LogP contribution in [0.3, 0.4) is 0 Å². The minimum absolute atomic E-state index is 0.199. The number of likely N-dealkylation sites (N-methyl/N-ethyl adjacent to an activating group) is 1. The van der Waals surface area contributed by atoms with E-state index in [9.17, 15) is 4.79 Å². The second-order valence-corrected chi connectivity index (χ2v) is 5.90. The van der Waals surface area contributed by atoms with Crippen molar-refractivity contribution >= 4 is 17.3 Å². The molecule has 5 heteroatoms. The lowest BCUT2D eigenvalue weighted by Crippen LogP contribution is -2.33. The number of esters is 1. The molecule has 2 aliphatic rings. The van der Waals surface area contributed by atoms with Crippen molar-refractivity contribution in [2.24, 2.45) is 0 Å². The van der Waals surface area contributed by atoms with Crippen LogP contribution in [-0.4, -0.2) is 36.1 Å². The zero-order valence-corrected chi connectivity index (χ0v) is 10.9. The molecule has 4 nitrogen and oxygen atoms in total. The van der Waals surface area contributed by atoms with Crippen molar-refractivity contribution in [1.29, 1.82) is 0 Å². The molecule has 3 heterocycles. The van der Waals surface area contributed by atoms with E-state index in [0.717, 1.165) is 11.4 Å². The number of rotatable bonds is 2. The molecular weight excluding hydrogens is 236 g/mol. The van der Waals surface area contributed by atoms with Crippen LogP contribution in [0.15, 0.2) is 0 Å². The lowest BCUT2D eigenvalue weighted by Gasteiger charge is -2.29. The molecule has 1 fully saturated rings. The molecule has 0 spiro atoms. The molecule has 2 aliphatic heterocycles. The van der Waals surface area contributed by atoms with Gasteiger partial charge in [-0.05, 0) is 19.9 Å². The van der Waals surface area contributed by atoms with Gasteiger partial charge in [0.25, 0.3) is 0 Å². The Morgan fingerprint density at radius 2 is 2.41 bits per heavy atom. The van der Waals surface area contributed by atoms with Crippen LogP contribution in [0.2, 0.25) is 0 Å². The van der Waals surface area contributed by atoms with Crippen molar-refractivity contribution in [2.45, 2.75) is 37.8 Å². The van der Waals surface area contributed by atoms with Crippen LogP contribution in [0.1, 0.15) is 34.5 Å². The first-order valence-corrected chi connectivity index (χ1v) is 6.78. The fraction of sp³-hybridized carbons (Fsp3) is 0.667. The van der Waals surface area contributed by atoms with Crippen molar-refractivity contribution in [3.63, 3.8) is 0 Å². The number of thiazole rings is 1. The first kappa shape index (κ1) is 11.2. The molecule has 92 valence electrons. The van der Waals surface area contributed by atoms with Crippen molar-refractivity contribution in [3.8, 4) is 0 Å². The van der Waals surface area contributed by atoms with Gasteiger partial charge in [-0.3, -0.25) is 9.69 Å². The maximum absolute atomic E-state index is 11.3. The summed E-state index contributed by atoms with van der Waals surface area (Å²) in [4.78, 5) is 19.7. The van der Waals surface area contributed by atoms with Gasteiger partial charge in [0.05, 0.1) is 19.2 Å². The average molecular weight is 252 g/mol. The third-order valence-electron chi connectivity index (χ3n) is 3.87. The molecule has 2 unspecified atom stereocenters. The maximum atomic E-state index is 11.3. The Labute approximate surface area is 105 Å². The number of hydrogen-bond acceptors (Lipinski definition) is 5. The van der Waals surface area contributed by atoms with Crippen LogP contribution in [0.5, 0.6) is 0 Å². The molecular formula is C12H16N2O2S. The Morgan fingerprint density at radius 1 is 1.59 bits per heavy atom. The van der Waals surface area contributed by atoms with Gasteiger partial charge in [-0.25, -0.2) is 4.98 Å². The van der Waals surface area contributed by atoms with E-state index in [2.05, 4.69) is 21.7 Å². The largest absolute Gasteiger partial charge is 0.469 e. The normalized spacial score (nSPS) is 26.9. The van der Waals surface area contributed by atoms with Crippen LogP contribution in [0.4, 0.5) is 0 Å². The molecule has 1 aromatic heterocycles. The third kappa shape index (κ3) is 1.77. The zero-order valence-electron chi connectivity index (χ0n) is 10.1. The first-order chi connectivity index (χ1) is 8.19. The Morgan fingerprint density at radius 3 is 3.18 bits per heavy atom. The fourth-order valence-corrected chi connectivity index (χ4v) is 4.16. The summed E-state index contributed by atoms with van der Waals surface area (Å²) in [6, 6.07) is 1.19. The summed E-state index contributed by atoms with van der Waals surface area (Å²) >= 11 is 1.69. The molecule has 3 rings (SSSR count). The van der Waals surface area contributed by atoms with Gasteiger partial charge in [-0.2, -0.15) is 0 Å².